The molecule has 0 bridgehead atoms. The van der Waals surface area contributed by atoms with Gasteiger partial charge in [0.1, 0.15) is 10.6 Å². The molecule has 0 spiro atoms. The fourth-order valence-corrected chi connectivity index (χ4v) is 3.76. The van der Waals surface area contributed by atoms with Crippen LogP contribution in [-0.4, -0.2) is 45.7 Å². The highest BCUT2D eigenvalue weighted by Gasteiger charge is 2.20. The molecule has 2 aromatic rings. The van der Waals surface area contributed by atoms with E-state index < -0.39 is 28.2 Å². The summed E-state index contributed by atoms with van der Waals surface area (Å²) >= 11 is 0. The van der Waals surface area contributed by atoms with Crippen molar-refractivity contribution in [3.05, 3.63) is 48.5 Å². The van der Waals surface area contributed by atoms with Gasteiger partial charge in [-0.2, -0.15) is 8.42 Å². The monoisotopic (exact) mass is 548 g/mol. The molecular formula is C25H32N4O8S. The van der Waals surface area contributed by atoms with E-state index in [4.69, 9.17) is 13.7 Å². The van der Waals surface area contributed by atoms with Gasteiger partial charge in [-0.05, 0) is 43.2 Å². The quantitative estimate of drug-likeness (QED) is 0.161. The van der Waals surface area contributed by atoms with Crippen molar-refractivity contribution in [2.45, 2.75) is 51.3 Å². The smallest absolute Gasteiger partial charge is 0.413 e. The van der Waals surface area contributed by atoms with E-state index in [2.05, 4.69) is 20.9 Å². The lowest BCUT2D eigenvalue weighted by molar-refractivity contribution is -0.114. The van der Waals surface area contributed by atoms with Gasteiger partial charge in [-0.3, -0.25) is 15.4 Å². The largest absolute Gasteiger partial charge is 0.449 e. The Morgan fingerprint density at radius 1 is 0.868 bits per heavy atom. The van der Waals surface area contributed by atoms with Crippen LogP contribution < -0.4 is 20.1 Å². The first-order valence-corrected chi connectivity index (χ1v) is 13.4. The van der Waals surface area contributed by atoms with Crippen molar-refractivity contribution in [3.63, 3.8) is 0 Å². The SMILES string of the molecule is CCCCOC(=O)NC(=Nc1ccc(S(=O)(=O)Oc2ccccc2)cc1NC(C)=O)NC(=O)OCCCC. The highest BCUT2D eigenvalue weighted by atomic mass is 32.2. The minimum absolute atomic E-state index is 0.0185. The summed E-state index contributed by atoms with van der Waals surface area (Å²) in [6, 6.07) is 11.5. The lowest BCUT2D eigenvalue weighted by atomic mass is 10.2. The van der Waals surface area contributed by atoms with E-state index >= 15 is 0 Å². The van der Waals surface area contributed by atoms with Crippen LogP contribution in [0.2, 0.25) is 0 Å². The summed E-state index contributed by atoms with van der Waals surface area (Å²) in [4.78, 5) is 40.2. The molecule has 0 saturated heterocycles. The number of benzene rings is 2. The number of carbonyl (C=O) groups is 3. The average Bonchev–Trinajstić information content (AvgIpc) is 2.85. The number of hydrogen-bond donors (Lipinski definition) is 3. The maximum atomic E-state index is 12.8. The van der Waals surface area contributed by atoms with Crippen molar-refractivity contribution in [3.8, 4) is 5.75 Å². The van der Waals surface area contributed by atoms with Gasteiger partial charge < -0.3 is 19.0 Å². The molecule has 0 fully saturated rings. The molecule has 0 aromatic heterocycles. The minimum atomic E-state index is -4.26. The van der Waals surface area contributed by atoms with Crippen LogP contribution in [0.1, 0.15) is 46.5 Å². The highest BCUT2D eigenvalue weighted by molar-refractivity contribution is 7.87. The number of nitrogens with zero attached hydrogens (tertiary/aromatic N) is 1. The van der Waals surface area contributed by atoms with Crippen LogP contribution in [0, 0.1) is 0 Å². The molecule has 38 heavy (non-hydrogen) atoms. The summed E-state index contributed by atoms with van der Waals surface area (Å²) in [7, 11) is -4.26. The number of nitrogens with one attached hydrogen (secondary N) is 3. The Bertz CT molecular complexity index is 1210. The second kappa shape index (κ2) is 15.2. The molecule has 0 atom stereocenters. The van der Waals surface area contributed by atoms with Crippen LogP contribution in [0.3, 0.4) is 0 Å². The number of para-hydroxylation sites is 1. The Balaban J connectivity index is 2.39. The molecule has 3 amide bonds. The summed E-state index contributed by atoms with van der Waals surface area (Å²) in [5.74, 6) is -0.759. The molecule has 0 aliphatic heterocycles. The summed E-state index contributed by atoms with van der Waals surface area (Å²) in [6.07, 6.45) is 1.14. The maximum Gasteiger partial charge on any atom is 0.413 e. The predicted molar refractivity (Wildman–Crippen MR) is 141 cm³/mol. The van der Waals surface area contributed by atoms with E-state index in [1.807, 2.05) is 13.8 Å². The van der Waals surface area contributed by atoms with E-state index in [0.717, 1.165) is 18.9 Å². The fraction of sp³-hybridized carbons (Fsp3) is 0.360. The van der Waals surface area contributed by atoms with Crippen molar-refractivity contribution in [1.29, 1.82) is 0 Å². The van der Waals surface area contributed by atoms with Gasteiger partial charge in [-0.1, -0.05) is 44.9 Å². The zero-order valence-electron chi connectivity index (χ0n) is 21.5. The number of ether oxygens (including phenoxy) is 2. The molecule has 206 valence electrons. The van der Waals surface area contributed by atoms with Gasteiger partial charge in [0.05, 0.1) is 24.6 Å². The number of aliphatic imine (C=N–C) groups is 1. The number of alkyl carbamates (subject to hydrolysis) is 2. The van der Waals surface area contributed by atoms with Crippen molar-refractivity contribution in [1.82, 2.24) is 10.6 Å². The van der Waals surface area contributed by atoms with E-state index in [9.17, 15) is 22.8 Å². The number of amides is 3. The molecule has 0 saturated carbocycles. The number of guanidine groups is 1. The van der Waals surface area contributed by atoms with E-state index in [-0.39, 0.29) is 41.2 Å². The Hall–Kier alpha value is -4.13. The summed E-state index contributed by atoms with van der Waals surface area (Å²) in [6.45, 7) is 5.40. The minimum Gasteiger partial charge on any atom is -0.449 e. The number of hydrogen-bond acceptors (Lipinski definition) is 9. The number of carbonyl (C=O) groups excluding carboxylic acids is 3. The van der Waals surface area contributed by atoms with Gasteiger partial charge in [0.15, 0.2) is 0 Å². The van der Waals surface area contributed by atoms with Crippen molar-refractivity contribution >= 4 is 45.5 Å². The first kappa shape index (κ1) is 30.1. The Labute approximate surface area is 221 Å². The summed E-state index contributed by atoms with van der Waals surface area (Å²) in [5.41, 5.74) is 0.00612. The third kappa shape index (κ3) is 10.5. The molecule has 2 rings (SSSR count). The van der Waals surface area contributed by atoms with Gasteiger partial charge in [0.25, 0.3) is 0 Å². The van der Waals surface area contributed by atoms with Crippen molar-refractivity contribution in [2.75, 3.05) is 18.5 Å². The normalized spacial score (nSPS) is 10.6. The average molecular weight is 549 g/mol. The molecule has 0 heterocycles. The maximum absolute atomic E-state index is 12.8. The van der Waals surface area contributed by atoms with Crippen molar-refractivity contribution in [2.24, 2.45) is 4.99 Å². The van der Waals surface area contributed by atoms with Crippen molar-refractivity contribution < 1.29 is 36.5 Å². The molecule has 12 nitrogen and oxygen atoms in total. The topological polar surface area (TPSA) is 161 Å². The first-order chi connectivity index (χ1) is 18.1. The Kier molecular flexibility index (Phi) is 12.0. The lowest BCUT2D eigenvalue weighted by Crippen LogP contribution is -2.44. The summed E-state index contributed by atoms with van der Waals surface area (Å²) < 4.78 is 40.9. The highest BCUT2D eigenvalue weighted by Crippen LogP contribution is 2.29. The Morgan fingerprint density at radius 3 is 1.97 bits per heavy atom. The molecule has 0 aliphatic carbocycles. The zero-order valence-corrected chi connectivity index (χ0v) is 22.3. The van der Waals surface area contributed by atoms with Crippen LogP contribution in [0.5, 0.6) is 5.75 Å². The number of rotatable bonds is 11. The molecule has 2 aromatic carbocycles. The van der Waals surface area contributed by atoms with Crippen LogP contribution in [0.4, 0.5) is 21.0 Å². The molecule has 0 aliphatic rings. The van der Waals surface area contributed by atoms with Crippen LogP contribution in [0.15, 0.2) is 58.4 Å². The van der Waals surface area contributed by atoms with E-state index in [1.165, 1.54) is 31.2 Å². The Morgan fingerprint density at radius 2 is 1.45 bits per heavy atom. The molecular weight excluding hydrogens is 516 g/mol. The van der Waals surface area contributed by atoms with Gasteiger partial charge >= 0.3 is 22.3 Å². The molecule has 0 unspecified atom stereocenters. The second-order valence-electron chi connectivity index (χ2n) is 7.90. The third-order valence-corrected chi connectivity index (χ3v) is 5.89. The third-order valence-electron chi connectivity index (χ3n) is 4.65. The predicted octanol–water partition coefficient (Wildman–Crippen LogP) is 4.45. The number of anilines is 1. The van der Waals surface area contributed by atoms with Gasteiger partial charge in [0, 0.05) is 6.92 Å². The van der Waals surface area contributed by atoms with Gasteiger partial charge in [0.2, 0.25) is 11.9 Å². The summed E-state index contributed by atoms with van der Waals surface area (Å²) in [5, 5.41) is 7.14. The van der Waals surface area contributed by atoms with E-state index in [0.29, 0.717) is 12.8 Å². The van der Waals surface area contributed by atoms with Crippen LogP contribution in [-0.2, 0) is 24.4 Å². The molecule has 3 N–H and O–H groups in total. The lowest BCUT2D eigenvalue weighted by Gasteiger charge is -2.14. The van der Waals surface area contributed by atoms with Gasteiger partial charge in [-0.15, -0.1) is 0 Å². The second-order valence-corrected chi connectivity index (χ2v) is 9.45. The fourth-order valence-electron chi connectivity index (χ4n) is 2.80. The standard InChI is InChI=1S/C25H32N4O8S/c1-4-6-15-35-24(31)28-23(29-25(32)36-16-7-5-2)27-21-14-13-20(17-22(21)26-18(3)30)38(33,34)37-19-11-9-8-10-12-19/h8-14,17H,4-7,15-16H2,1-3H3,(H,26,30)(H2,27,28,29,31,32). The zero-order chi connectivity index (χ0) is 28.0. The number of unbranched alkanes of at least 4 members (excludes halogenated alkanes) is 2. The van der Waals surface area contributed by atoms with Crippen LogP contribution in [0.25, 0.3) is 0 Å². The van der Waals surface area contributed by atoms with Gasteiger partial charge in [-0.25, -0.2) is 14.6 Å². The van der Waals surface area contributed by atoms with E-state index in [1.54, 1.807) is 18.2 Å². The first-order valence-electron chi connectivity index (χ1n) is 12.0. The molecule has 0 radical (unpaired) electrons. The van der Waals surface area contributed by atoms with Crippen LogP contribution >= 0.6 is 0 Å². The molecule has 13 heteroatoms.